The van der Waals surface area contributed by atoms with Crippen molar-refractivity contribution in [1.29, 1.82) is 0 Å². The third-order valence-corrected chi connectivity index (χ3v) is 4.48. The predicted molar refractivity (Wildman–Crippen MR) is 91.6 cm³/mol. The van der Waals surface area contributed by atoms with Crippen LogP contribution in [0.2, 0.25) is 0 Å². The minimum atomic E-state index is -0.427. The van der Waals surface area contributed by atoms with Crippen molar-refractivity contribution in [2.75, 3.05) is 13.1 Å². The maximum Gasteiger partial charge on any atom is 0.330 e. The first kappa shape index (κ1) is 17.9. The molecule has 0 amide bonds. The molecule has 1 aliphatic rings. The highest BCUT2D eigenvalue weighted by molar-refractivity contribution is 5.75. The number of hydrogen-bond acceptors (Lipinski definition) is 4. The van der Waals surface area contributed by atoms with E-state index in [0.717, 1.165) is 38.3 Å². The molecule has 128 valence electrons. The summed E-state index contributed by atoms with van der Waals surface area (Å²) in [5, 5.41) is 1.85. The SMILES string of the molecule is CC(C)(C)C(=O)ON1CCC(CCCCc2ccncc2)CC1. The van der Waals surface area contributed by atoms with Gasteiger partial charge in [-0.05, 0) is 70.1 Å². The molecule has 1 aromatic rings. The molecule has 4 heteroatoms. The standard InChI is InChI=1S/C19H30N2O2/c1-19(2,3)18(22)23-21-14-10-17(11-15-21)7-5-4-6-16-8-12-20-13-9-16/h8-9,12-13,17H,4-7,10-11,14-15H2,1-3H3. The molecule has 1 aromatic heterocycles. The maximum absolute atomic E-state index is 11.9. The van der Waals surface area contributed by atoms with Crippen molar-refractivity contribution < 1.29 is 9.63 Å². The van der Waals surface area contributed by atoms with E-state index >= 15 is 0 Å². The Kier molecular flexibility index (Phi) is 6.58. The molecule has 1 aliphatic heterocycles. The van der Waals surface area contributed by atoms with Crippen LogP contribution in [-0.2, 0) is 16.1 Å². The van der Waals surface area contributed by atoms with Gasteiger partial charge in [0.05, 0.1) is 5.41 Å². The quantitative estimate of drug-likeness (QED) is 0.743. The summed E-state index contributed by atoms with van der Waals surface area (Å²) in [5.74, 6) is 0.644. The number of unbranched alkanes of at least 4 members (excludes halogenated alkanes) is 1. The second-order valence-corrected chi connectivity index (χ2v) is 7.60. The normalized spacial score (nSPS) is 17.2. The summed E-state index contributed by atoms with van der Waals surface area (Å²) >= 11 is 0. The molecule has 4 nitrogen and oxygen atoms in total. The highest BCUT2D eigenvalue weighted by atomic mass is 16.7. The highest BCUT2D eigenvalue weighted by Crippen LogP contribution is 2.24. The first-order chi connectivity index (χ1) is 10.9. The Bertz CT molecular complexity index is 474. The number of pyridine rings is 1. The lowest BCUT2D eigenvalue weighted by Crippen LogP contribution is -2.38. The summed E-state index contributed by atoms with van der Waals surface area (Å²) < 4.78 is 0. The van der Waals surface area contributed by atoms with Crippen LogP contribution < -0.4 is 0 Å². The highest BCUT2D eigenvalue weighted by Gasteiger charge is 2.28. The molecule has 23 heavy (non-hydrogen) atoms. The molecule has 0 unspecified atom stereocenters. The van der Waals surface area contributed by atoms with E-state index in [1.807, 2.05) is 38.2 Å². The van der Waals surface area contributed by atoms with Gasteiger partial charge >= 0.3 is 5.97 Å². The fraction of sp³-hybridized carbons (Fsp3) is 0.684. The number of rotatable bonds is 6. The minimum absolute atomic E-state index is 0.131. The van der Waals surface area contributed by atoms with E-state index in [9.17, 15) is 4.79 Å². The number of nitrogens with zero attached hydrogens (tertiary/aromatic N) is 2. The van der Waals surface area contributed by atoms with Gasteiger partial charge in [0, 0.05) is 25.5 Å². The Morgan fingerprint density at radius 3 is 2.48 bits per heavy atom. The number of hydroxylamine groups is 2. The van der Waals surface area contributed by atoms with Crippen LogP contribution in [0.5, 0.6) is 0 Å². The summed E-state index contributed by atoms with van der Waals surface area (Å²) in [5.41, 5.74) is 0.952. The van der Waals surface area contributed by atoms with Crippen molar-refractivity contribution in [3.63, 3.8) is 0 Å². The van der Waals surface area contributed by atoms with Crippen LogP contribution in [0.4, 0.5) is 0 Å². The van der Waals surface area contributed by atoms with Crippen LogP contribution in [0.25, 0.3) is 0 Å². The summed E-state index contributed by atoms with van der Waals surface area (Å²) in [6, 6.07) is 4.20. The summed E-state index contributed by atoms with van der Waals surface area (Å²) in [6.45, 7) is 7.42. The topological polar surface area (TPSA) is 42.4 Å². The molecule has 2 heterocycles. The van der Waals surface area contributed by atoms with Crippen molar-refractivity contribution in [3.05, 3.63) is 30.1 Å². The van der Waals surface area contributed by atoms with Crippen molar-refractivity contribution in [2.24, 2.45) is 11.3 Å². The number of carbonyl (C=O) groups excluding carboxylic acids is 1. The van der Waals surface area contributed by atoms with Gasteiger partial charge in [-0.1, -0.05) is 12.8 Å². The Labute approximate surface area is 140 Å². The van der Waals surface area contributed by atoms with Gasteiger partial charge in [0.25, 0.3) is 0 Å². The van der Waals surface area contributed by atoms with Crippen molar-refractivity contribution in [1.82, 2.24) is 10.0 Å². The smallest absolute Gasteiger partial charge is 0.330 e. The van der Waals surface area contributed by atoms with Crippen LogP contribution >= 0.6 is 0 Å². The number of carbonyl (C=O) groups is 1. The molecule has 1 saturated heterocycles. The fourth-order valence-electron chi connectivity index (χ4n) is 2.86. The van der Waals surface area contributed by atoms with Gasteiger partial charge in [0.2, 0.25) is 0 Å². The van der Waals surface area contributed by atoms with E-state index in [2.05, 4.69) is 17.1 Å². The van der Waals surface area contributed by atoms with E-state index in [-0.39, 0.29) is 5.97 Å². The van der Waals surface area contributed by atoms with E-state index < -0.39 is 5.41 Å². The molecule has 2 rings (SSSR count). The first-order valence-corrected chi connectivity index (χ1v) is 8.81. The zero-order valence-electron chi connectivity index (χ0n) is 14.8. The summed E-state index contributed by atoms with van der Waals surface area (Å²) in [7, 11) is 0. The molecule has 0 spiro atoms. The second kappa shape index (κ2) is 8.44. The van der Waals surface area contributed by atoms with E-state index in [1.54, 1.807) is 0 Å². The van der Waals surface area contributed by atoms with Crippen molar-refractivity contribution in [2.45, 2.75) is 59.3 Å². The average Bonchev–Trinajstić information content (AvgIpc) is 2.53. The van der Waals surface area contributed by atoms with Gasteiger partial charge in [-0.25, -0.2) is 4.79 Å². The Hall–Kier alpha value is -1.42. The molecule has 0 N–H and O–H groups in total. The molecule has 0 atom stereocenters. The Morgan fingerprint density at radius 1 is 1.22 bits per heavy atom. The van der Waals surface area contributed by atoms with Crippen LogP contribution in [0.3, 0.4) is 0 Å². The van der Waals surface area contributed by atoms with Gasteiger partial charge in [0.1, 0.15) is 0 Å². The van der Waals surface area contributed by atoms with Crippen LogP contribution in [0.15, 0.2) is 24.5 Å². The Balaban J connectivity index is 1.59. The van der Waals surface area contributed by atoms with E-state index in [0.29, 0.717) is 0 Å². The van der Waals surface area contributed by atoms with E-state index in [4.69, 9.17) is 4.84 Å². The zero-order chi connectivity index (χ0) is 16.7. The molecular formula is C19H30N2O2. The Morgan fingerprint density at radius 2 is 1.87 bits per heavy atom. The van der Waals surface area contributed by atoms with Gasteiger partial charge in [0.15, 0.2) is 0 Å². The lowest BCUT2D eigenvalue weighted by molar-refractivity contribution is -0.206. The van der Waals surface area contributed by atoms with Gasteiger partial charge < -0.3 is 4.84 Å². The summed E-state index contributed by atoms with van der Waals surface area (Å²) in [6.07, 6.45) is 10.9. The van der Waals surface area contributed by atoms with Gasteiger partial charge in [-0.3, -0.25) is 4.98 Å². The van der Waals surface area contributed by atoms with Crippen LogP contribution in [0, 0.1) is 11.3 Å². The third kappa shape index (κ3) is 6.30. The van der Waals surface area contributed by atoms with Gasteiger partial charge in [-0.15, -0.1) is 5.06 Å². The third-order valence-electron chi connectivity index (χ3n) is 4.48. The number of aryl methyl sites for hydroxylation is 1. The number of hydrogen-bond donors (Lipinski definition) is 0. The minimum Gasteiger partial charge on any atom is -0.367 e. The monoisotopic (exact) mass is 318 g/mol. The molecule has 0 aromatic carbocycles. The summed E-state index contributed by atoms with van der Waals surface area (Å²) in [4.78, 5) is 21.4. The molecule has 0 bridgehead atoms. The lowest BCUT2D eigenvalue weighted by atomic mass is 9.91. The first-order valence-electron chi connectivity index (χ1n) is 8.81. The van der Waals surface area contributed by atoms with Crippen LogP contribution in [0.1, 0.15) is 58.4 Å². The molecule has 0 radical (unpaired) electrons. The largest absolute Gasteiger partial charge is 0.367 e. The van der Waals surface area contributed by atoms with Gasteiger partial charge in [-0.2, -0.15) is 0 Å². The van der Waals surface area contributed by atoms with Crippen LogP contribution in [-0.4, -0.2) is 29.1 Å². The molecule has 1 fully saturated rings. The zero-order valence-corrected chi connectivity index (χ0v) is 14.8. The van der Waals surface area contributed by atoms with Crippen molar-refractivity contribution >= 4 is 5.97 Å². The molecular weight excluding hydrogens is 288 g/mol. The number of aromatic nitrogens is 1. The average molecular weight is 318 g/mol. The molecule has 0 saturated carbocycles. The lowest BCUT2D eigenvalue weighted by Gasteiger charge is -2.32. The molecule has 0 aliphatic carbocycles. The fourth-order valence-corrected chi connectivity index (χ4v) is 2.86. The van der Waals surface area contributed by atoms with E-state index in [1.165, 1.54) is 24.8 Å². The second-order valence-electron chi connectivity index (χ2n) is 7.60. The van der Waals surface area contributed by atoms with Crippen molar-refractivity contribution in [3.8, 4) is 0 Å². The maximum atomic E-state index is 11.9. The number of piperidine rings is 1. The predicted octanol–water partition coefficient (Wildman–Crippen LogP) is 4.01.